The molecule has 2 aromatic carbocycles. The first-order valence-corrected chi connectivity index (χ1v) is 9.44. The lowest BCUT2D eigenvalue weighted by Gasteiger charge is -2.15. The molecule has 0 atom stereocenters. The SMILES string of the molecule is CC(/C=C1\SC(=S)N(c2ccc(C)c(C(=O)O)c2)C1=O)=C\c1ccccc1. The molecule has 2 aromatic rings. The Hall–Kier alpha value is -2.70. The molecule has 3 rings (SSSR count). The maximum Gasteiger partial charge on any atom is 0.336 e. The lowest BCUT2D eigenvalue weighted by molar-refractivity contribution is -0.113. The molecule has 1 aliphatic rings. The summed E-state index contributed by atoms with van der Waals surface area (Å²) in [5.41, 5.74) is 3.23. The van der Waals surface area contributed by atoms with E-state index in [1.165, 1.54) is 22.7 Å². The van der Waals surface area contributed by atoms with Crippen LogP contribution in [0.5, 0.6) is 0 Å². The zero-order chi connectivity index (χ0) is 19.6. The Labute approximate surface area is 167 Å². The molecule has 0 spiro atoms. The predicted octanol–water partition coefficient (Wildman–Crippen LogP) is 5.05. The molecule has 1 heterocycles. The van der Waals surface area contributed by atoms with Gasteiger partial charge < -0.3 is 5.11 Å². The van der Waals surface area contributed by atoms with Crippen molar-refractivity contribution >= 4 is 51.9 Å². The Bertz CT molecular complexity index is 994. The summed E-state index contributed by atoms with van der Waals surface area (Å²) in [6, 6.07) is 14.7. The van der Waals surface area contributed by atoms with E-state index in [9.17, 15) is 14.7 Å². The van der Waals surface area contributed by atoms with Crippen LogP contribution in [0.25, 0.3) is 6.08 Å². The number of carbonyl (C=O) groups excluding carboxylic acids is 1. The number of carboxylic acids is 1. The molecule has 0 aliphatic carbocycles. The third-order valence-corrected chi connectivity index (χ3v) is 5.36. The quantitative estimate of drug-likeness (QED) is 0.580. The minimum atomic E-state index is -1.03. The molecular weight excluding hydrogens is 378 g/mol. The van der Waals surface area contributed by atoms with E-state index < -0.39 is 5.97 Å². The van der Waals surface area contributed by atoms with Gasteiger partial charge in [-0.2, -0.15) is 0 Å². The average Bonchev–Trinajstić information content (AvgIpc) is 2.89. The summed E-state index contributed by atoms with van der Waals surface area (Å²) in [4.78, 5) is 26.1. The highest BCUT2D eigenvalue weighted by molar-refractivity contribution is 8.27. The summed E-state index contributed by atoms with van der Waals surface area (Å²) in [7, 11) is 0. The lowest BCUT2D eigenvalue weighted by atomic mass is 10.1. The number of nitrogens with zero attached hydrogens (tertiary/aromatic N) is 1. The first kappa shape index (κ1) is 19.1. The molecule has 0 unspecified atom stereocenters. The maximum absolute atomic E-state index is 12.8. The van der Waals surface area contributed by atoms with E-state index in [0.717, 1.165) is 11.1 Å². The number of carbonyl (C=O) groups is 2. The van der Waals surface area contributed by atoms with Gasteiger partial charge in [-0.3, -0.25) is 9.69 Å². The molecule has 136 valence electrons. The van der Waals surface area contributed by atoms with Crippen LogP contribution in [0, 0.1) is 6.92 Å². The zero-order valence-corrected chi connectivity index (χ0v) is 16.4. The molecular formula is C21H17NO3S2. The number of hydrogen-bond acceptors (Lipinski definition) is 4. The molecule has 6 heteroatoms. The lowest BCUT2D eigenvalue weighted by Crippen LogP contribution is -2.27. The Morgan fingerprint density at radius 3 is 2.56 bits per heavy atom. The van der Waals surface area contributed by atoms with Crippen molar-refractivity contribution in [2.45, 2.75) is 13.8 Å². The van der Waals surface area contributed by atoms with Gasteiger partial charge in [0.2, 0.25) is 0 Å². The van der Waals surface area contributed by atoms with E-state index in [1.807, 2.05) is 43.3 Å². The Morgan fingerprint density at radius 1 is 1.19 bits per heavy atom. The molecule has 0 aromatic heterocycles. The second kappa shape index (κ2) is 7.90. The number of thioether (sulfide) groups is 1. The number of thiocarbonyl (C=S) groups is 1. The van der Waals surface area contributed by atoms with Crippen LogP contribution in [0.4, 0.5) is 5.69 Å². The fraction of sp³-hybridized carbons (Fsp3) is 0.0952. The van der Waals surface area contributed by atoms with Crippen molar-refractivity contribution in [3.63, 3.8) is 0 Å². The summed E-state index contributed by atoms with van der Waals surface area (Å²) < 4.78 is 0.388. The topological polar surface area (TPSA) is 57.6 Å². The third kappa shape index (κ3) is 4.18. The predicted molar refractivity (Wildman–Crippen MR) is 114 cm³/mol. The number of rotatable bonds is 4. The van der Waals surface area contributed by atoms with Crippen molar-refractivity contribution in [1.29, 1.82) is 0 Å². The summed E-state index contributed by atoms with van der Waals surface area (Å²) in [5, 5.41) is 9.32. The summed E-state index contributed by atoms with van der Waals surface area (Å²) in [6.45, 7) is 3.64. The molecule has 1 N–H and O–H groups in total. The molecule has 27 heavy (non-hydrogen) atoms. The van der Waals surface area contributed by atoms with Gasteiger partial charge in [-0.15, -0.1) is 0 Å². The highest BCUT2D eigenvalue weighted by atomic mass is 32.2. The Kier molecular flexibility index (Phi) is 5.58. The molecule has 1 saturated heterocycles. The van der Waals surface area contributed by atoms with Crippen molar-refractivity contribution in [3.8, 4) is 0 Å². The van der Waals surface area contributed by atoms with Crippen LogP contribution in [-0.4, -0.2) is 21.3 Å². The molecule has 0 bridgehead atoms. The monoisotopic (exact) mass is 395 g/mol. The van der Waals surface area contributed by atoms with Crippen LogP contribution >= 0.6 is 24.0 Å². The first-order valence-electron chi connectivity index (χ1n) is 8.22. The number of amides is 1. The molecule has 1 fully saturated rings. The van der Waals surface area contributed by atoms with Crippen LogP contribution < -0.4 is 4.90 Å². The standard InChI is InChI=1S/C21H17NO3S2/c1-13(10-15-6-4-3-5-7-15)11-18-19(23)22(21(26)27-18)16-9-8-14(2)17(12-16)20(24)25/h3-12H,1-2H3,(H,24,25)/b13-10+,18-11-. The second-order valence-electron chi connectivity index (χ2n) is 6.12. The van der Waals surface area contributed by atoms with Crippen LogP contribution in [0.1, 0.15) is 28.4 Å². The van der Waals surface area contributed by atoms with Crippen LogP contribution in [0.2, 0.25) is 0 Å². The van der Waals surface area contributed by atoms with Crippen molar-refractivity contribution in [1.82, 2.24) is 0 Å². The number of hydrogen-bond donors (Lipinski definition) is 1. The van der Waals surface area contributed by atoms with Crippen molar-refractivity contribution in [3.05, 3.63) is 81.8 Å². The fourth-order valence-electron chi connectivity index (χ4n) is 2.73. The largest absolute Gasteiger partial charge is 0.478 e. The minimum absolute atomic E-state index is 0.158. The van der Waals surface area contributed by atoms with Gasteiger partial charge in [0.1, 0.15) is 0 Å². The minimum Gasteiger partial charge on any atom is -0.478 e. The van der Waals surface area contributed by atoms with Gasteiger partial charge >= 0.3 is 5.97 Å². The van der Waals surface area contributed by atoms with E-state index in [1.54, 1.807) is 25.1 Å². The van der Waals surface area contributed by atoms with Crippen LogP contribution in [-0.2, 0) is 4.79 Å². The molecule has 1 aliphatic heterocycles. The average molecular weight is 396 g/mol. The molecule has 0 radical (unpaired) electrons. The highest BCUT2D eigenvalue weighted by Gasteiger charge is 2.33. The fourth-order valence-corrected chi connectivity index (χ4v) is 4.08. The van der Waals surface area contributed by atoms with Gasteiger partial charge in [0.05, 0.1) is 16.2 Å². The number of allylic oxidation sites excluding steroid dienone is 2. The van der Waals surface area contributed by atoms with Gasteiger partial charge in [0.15, 0.2) is 4.32 Å². The number of aryl methyl sites for hydroxylation is 1. The van der Waals surface area contributed by atoms with E-state index in [4.69, 9.17) is 12.2 Å². The Morgan fingerprint density at radius 2 is 1.89 bits per heavy atom. The second-order valence-corrected chi connectivity index (χ2v) is 7.80. The number of carboxylic acid groups (broad SMARTS) is 1. The van der Waals surface area contributed by atoms with Gasteiger partial charge in [-0.1, -0.05) is 66.5 Å². The van der Waals surface area contributed by atoms with Gasteiger partial charge in [0.25, 0.3) is 5.91 Å². The van der Waals surface area contributed by atoms with E-state index in [-0.39, 0.29) is 11.5 Å². The van der Waals surface area contributed by atoms with Crippen LogP contribution in [0.3, 0.4) is 0 Å². The third-order valence-electron chi connectivity index (χ3n) is 4.06. The van der Waals surface area contributed by atoms with Crippen LogP contribution in [0.15, 0.2) is 65.1 Å². The van der Waals surface area contributed by atoms with Gasteiger partial charge in [0, 0.05) is 0 Å². The number of aromatic carboxylic acids is 1. The summed E-state index contributed by atoms with van der Waals surface area (Å²) >= 11 is 6.58. The van der Waals surface area contributed by atoms with Gasteiger partial charge in [-0.25, -0.2) is 4.79 Å². The van der Waals surface area contributed by atoms with E-state index in [2.05, 4.69) is 0 Å². The zero-order valence-electron chi connectivity index (χ0n) is 14.8. The Balaban J connectivity index is 1.90. The summed E-state index contributed by atoms with van der Waals surface area (Å²) in [6.07, 6.45) is 3.79. The van der Waals surface area contributed by atoms with E-state index in [0.29, 0.717) is 20.5 Å². The number of benzene rings is 2. The highest BCUT2D eigenvalue weighted by Crippen LogP contribution is 2.36. The maximum atomic E-state index is 12.8. The molecule has 1 amide bonds. The van der Waals surface area contributed by atoms with Gasteiger partial charge in [-0.05, 0) is 48.8 Å². The van der Waals surface area contributed by atoms with Crippen molar-refractivity contribution in [2.75, 3.05) is 4.90 Å². The molecule has 0 saturated carbocycles. The smallest absolute Gasteiger partial charge is 0.336 e. The van der Waals surface area contributed by atoms with E-state index >= 15 is 0 Å². The first-order chi connectivity index (χ1) is 12.9. The molecule has 4 nitrogen and oxygen atoms in total. The normalized spacial score (nSPS) is 16.3. The van der Waals surface area contributed by atoms with Crippen molar-refractivity contribution < 1.29 is 14.7 Å². The summed E-state index contributed by atoms with van der Waals surface area (Å²) in [5.74, 6) is -1.28. The number of anilines is 1. The van der Waals surface area contributed by atoms with Crippen molar-refractivity contribution in [2.24, 2.45) is 0 Å².